The van der Waals surface area contributed by atoms with Crippen LogP contribution in [0.5, 0.6) is 5.75 Å². The number of fused-ring (bicyclic) bond motifs is 1. The molecule has 93 valence electrons. The molecule has 0 unspecified atom stereocenters. The molecule has 2 aromatic rings. The molecule has 1 radical (unpaired) electrons. The van der Waals surface area contributed by atoms with Crippen LogP contribution in [0.2, 0.25) is 0 Å². The highest BCUT2D eigenvalue weighted by Crippen LogP contribution is 2.30. The van der Waals surface area contributed by atoms with E-state index in [0.29, 0.717) is 0 Å². The number of likely N-dealkylation sites (N-methyl/N-ethyl adjacent to an activating group) is 1. The van der Waals surface area contributed by atoms with Gasteiger partial charge in [0.15, 0.2) is 5.75 Å². The average molecular weight is 241 g/mol. The lowest BCUT2D eigenvalue weighted by molar-refractivity contribution is 0.313. The lowest BCUT2D eigenvalue weighted by Gasteiger charge is -2.34. The Kier molecular flexibility index (Phi) is 2.84. The van der Waals surface area contributed by atoms with Crippen LogP contribution in [0.15, 0.2) is 36.4 Å². The number of benzene rings is 2. The topological polar surface area (TPSA) is 26.4 Å². The summed E-state index contributed by atoms with van der Waals surface area (Å²) in [5.41, 5.74) is 1.19. The number of anilines is 1. The second-order valence-corrected chi connectivity index (χ2v) is 4.95. The standard InChI is InChI=1S/C15H17N2O/c1-16-7-9-17(10-8-16)15-4-2-3-12-5-6-13(18)11-14(12)15/h2-6,11H,7-10H2,1H3. The Morgan fingerprint density at radius 1 is 1.00 bits per heavy atom. The fraction of sp³-hybridized carbons (Fsp3) is 0.333. The van der Waals surface area contributed by atoms with Gasteiger partial charge in [-0.3, -0.25) is 5.11 Å². The smallest absolute Gasteiger partial charge is 0.179 e. The molecule has 0 atom stereocenters. The molecule has 3 nitrogen and oxygen atoms in total. The fourth-order valence-corrected chi connectivity index (χ4v) is 2.56. The molecule has 1 heterocycles. The number of hydrogen-bond donors (Lipinski definition) is 0. The summed E-state index contributed by atoms with van der Waals surface area (Å²) in [6.07, 6.45) is 0. The molecule has 2 aromatic carbocycles. The van der Waals surface area contributed by atoms with Gasteiger partial charge in [-0.1, -0.05) is 18.2 Å². The van der Waals surface area contributed by atoms with E-state index in [0.717, 1.165) is 37.0 Å². The van der Waals surface area contributed by atoms with E-state index in [4.69, 9.17) is 0 Å². The molecule has 0 aliphatic carbocycles. The molecule has 0 saturated carbocycles. The lowest BCUT2D eigenvalue weighted by atomic mass is 10.1. The van der Waals surface area contributed by atoms with Crippen molar-refractivity contribution in [3.05, 3.63) is 36.4 Å². The molecule has 1 aliphatic rings. The largest absolute Gasteiger partial charge is 0.368 e. The van der Waals surface area contributed by atoms with Gasteiger partial charge in [0, 0.05) is 37.3 Å². The van der Waals surface area contributed by atoms with Gasteiger partial charge in [-0.15, -0.1) is 0 Å². The average Bonchev–Trinajstić information content (AvgIpc) is 2.39. The highest BCUT2D eigenvalue weighted by atomic mass is 16.3. The maximum atomic E-state index is 11.5. The van der Waals surface area contributed by atoms with E-state index >= 15 is 0 Å². The second-order valence-electron chi connectivity index (χ2n) is 4.95. The van der Waals surface area contributed by atoms with Crippen LogP contribution in [0.1, 0.15) is 0 Å². The van der Waals surface area contributed by atoms with Crippen molar-refractivity contribution in [2.45, 2.75) is 0 Å². The van der Waals surface area contributed by atoms with Gasteiger partial charge in [0.05, 0.1) is 0 Å². The summed E-state index contributed by atoms with van der Waals surface area (Å²) >= 11 is 0. The Hall–Kier alpha value is -1.74. The van der Waals surface area contributed by atoms with Crippen molar-refractivity contribution in [2.75, 3.05) is 38.1 Å². The molecule has 0 spiro atoms. The molecule has 0 aromatic heterocycles. The first kappa shape index (κ1) is 11.4. The summed E-state index contributed by atoms with van der Waals surface area (Å²) in [5, 5.41) is 13.8. The minimum atomic E-state index is 0.0871. The Bertz CT molecular complexity index is 559. The number of rotatable bonds is 1. The highest BCUT2D eigenvalue weighted by molar-refractivity contribution is 5.95. The van der Waals surface area contributed by atoms with E-state index in [2.05, 4.69) is 35.0 Å². The third-order valence-electron chi connectivity index (χ3n) is 3.67. The minimum absolute atomic E-state index is 0.0871. The van der Waals surface area contributed by atoms with Crippen LogP contribution in [-0.4, -0.2) is 38.1 Å². The summed E-state index contributed by atoms with van der Waals surface area (Å²) < 4.78 is 0. The lowest BCUT2D eigenvalue weighted by Crippen LogP contribution is -2.44. The van der Waals surface area contributed by atoms with Crippen molar-refractivity contribution < 1.29 is 5.11 Å². The van der Waals surface area contributed by atoms with Gasteiger partial charge in [-0.25, -0.2) is 0 Å². The summed E-state index contributed by atoms with van der Waals surface area (Å²) in [5.74, 6) is 0.0871. The van der Waals surface area contributed by atoms with E-state index in [1.54, 1.807) is 12.1 Å². The zero-order chi connectivity index (χ0) is 12.5. The summed E-state index contributed by atoms with van der Waals surface area (Å²) in [6, 6.07) is 11.6. The zero-order valence-electron chi connectivity index (χ0n) is 10.6. The van der Waals surface area contributed by atoms with E-state index in [9.17, 15) is 5.11 Å². The van der Waals surface area contributed by atoms with Gasteiger partial charge >= 0.3 is 0 Å². The van der Waals surface area contributed by atoms with Crippen molar-refractivity contribution in [1.29, 1.82) is 0 Å². The molecular weight excluding hydrogens is 224 g/mol. The molecule has 1 saturated heterocycles. The molecule has 1 aliphatic heterocycles. The van der Waals surface area contributed by atoms with Crippen molar-refractivity contribution >= 4 is 16.5 Å². The van der Waals surface area contributed by atoms with Gasteiger partial charge in [-0.2, -0.15) is 0 Å². The van der Waals surface area contributed by atoms with Gasteiger partial charge in [-0.05, 0) is 30.6 Å². The molecule has 18 heavy (non-hydrogen) atoms. The molecule has 0 amide bonds. The minimum Gasteiger partial charge on any atom is -0.368 e. The Morgan fingerprint density at radius 3 is 2.56 bits per heavy atom. The maximum absolute atomic E-state index is 11.5. The molecule has 3 heteroatoms. The highest BCUT2D eigenvalue weighted by Gasteiger charge is 2.16. The zero-order valence-corrected chi connectivity index (χ0v) is 10.6. The molecule has 1 fully saturated rings. The molecule has 0 bridgehead atoms. The van der Waals surface area contributed by atoms with Crippen LogP contribution in [0.25, 0.3) is 10.8 Å². The van der Waals surface area contributed by atoms with Crippen LogP contribution in [-0.2, 0) is 5.11 Å². The SMILES string of the molecule is CN1CCN(c2cccc3ccc([O])cc23)CC1. The van der Waals surface area contributed by atoms with Crippen molar-refractivity contribution in [3.8, 4) is 5.75 Å². The van der Waals surface area contributed by atoms with E-state index < -0.39 is 0 Å². The first-order chi connectivity index (χ1) is 8.74. The first-order valence-corrected chi connectivity index (χ1v) is 6.37. The Balaban J connectivity index is 2.03. The predicted molar refractivity (Wildman–Crippen MR) is 73.8 cm³/mol. The van der Waals surface area contributed by atoms with E-state index in [1.165, 1.54) is 5.69 Å². The molecule has 0 N–H and O–H groups in total. The van der Waals surface area contributed by atoms with Gasteiger partial charge in [0.1, 0.15) is 0 Å². The Morgan fingerprint density at radius 2 is 1.78 bits per heavy atom. The van der Waals surface area contributed by atoms with Gasteiger partial charge in [0.2, 0.25) is 0 Å². The van der Waals surface area contributed by atoms with Crippen LogP contribution < -0.4 is 4.90 Å². The van der Waals surface area contributed by atoms with Gasteiger partial charge in [0.25, 0.3) is 0 Å². The predicted octanol–water partition coefficient (Wildman–Crippen LogP) is 2.74. The first-order valence-electron chi connectivity index (χ1n) is 6.37. The van der Waals surface area contributed by atoms with Gasteiger partial charge < -0.3 is 9.80 Å². The third kappa shape index (κ3) is 2.02. The van der Waals surface area contributed by atoms with E-state index in [-0.39, 0.29) is 5.75 Å². The quantitative estimate of drug-likeness (QED) is 0.767. The van der Waals surface area contributed by atoms with Crippen molar-refractivity contribution in [1.82, 2.24) is 4.90 Å². The third-order valence-corrected chi connectivity index (χ3v) is 3.67. The van der Waals surface area contributed by atoms with Crippen molar-refractivity contribution in [2.24, 2.45) is 0 Å². The Labute approximate surface area is 107 Å². The van der Waals surface area contributed by atoms with Crippen LogP contribution in [0, 0.1) is 0 Å². The molecule has 3 rings (SSSR count). The number of hydrogen-bond acceptors (Lipinski definition) is 2. The monoisotopic (exact) mass is 241 g/mol. The molecular formula is C15H17N2O. The summed E-state index contributed by atoms with van der Waals surface area (Å²) in [7, 11) is 2.15. The maximum Gasteiger partial charge on any atom is 0.179 e. The fourth-order valence-electron chi connectivity index (χ4n) is 2.56. The van der Waals surface area contributed by atoms with E-state index in [1.807, 2.05) is 6.07 Å². The number of nitrogens with zero attached hydrogens (tertiary/aromatic N) is 2. The van der Waals surface area contributed by atoms with Crippen LogP contribution in [0.4, 0.5) is 5.69 Å². The normalized spacial score (nSPS) is 17.3. The summed E-state index contributed by atoms with van der Waals surface area (Å²) in [4.78, 5) is 4.71. The second kappa shape index (κ2) is 4.50. The van der Waals surface area contributed by atoms with Crippen molar-refractivity contribution in [3.63, 3.8) is 0 Å². The number of piperazine rings is 1. The van der Waals surface area contributed by atoms with Crippen LogP contribution >= 0.6 is 0 Å². The summed E-state index contributed by atoms with van der Waals surface area (Å²) in [6.45, 7) is 4.21. The van der Waals surface area contributed by atoms with Crippen LogP contribution in [0.3, 0.4) is 0 Å².